The minimum Gasteiger partial charge on any atom is -0.480 e. The van der Waals surface area contributed by atoms with Crippen molar-refractivity contribution in [2.75, 3.05) is 0 Å². The molecule has 19 heavy (non-hydrogen) atoms. The second-order valence-corrected chi connectivity index (χ2v) is 5.86. The summed E-state index contributed by atoms with van der Waals surface area (Å²) in [6.45, 7) is 0.833. The molecule has 1 rings (SSSR count). The molecule has 0 bridgehead atoms. The van der Waals surface area contributed by atoms with Gasteiger partial charge in [-0.1, -0.05) is 12.1 Å². The molecule has 1 aromatic carbocycles. The topological polar surface area (TPSA) is 127 Å². The predicted octanol–water partition coefficient (Wildman–Crippen LogP) is 0.487. The highest BCUT2D eigenvalue weighted by atomic mass is 32.2. The molecule has 2 N–H and O–H groups in total. The molecule has 0 fully saturated rings. The van der Waals surface area contributed by atoms with Gasteiger partial charge in [-0.3, -0.25) is 14.9 Å². The molecule has 8 nitrogen and oxygen atoms in total. The van der Waals surface area contributed by atoms with E-state index < -0.39 is 26.2 Å². The van der Waals surface area contributed by atoms with Gasteiger partial charge in [-0.2, -0.15) is 0 Å². The van der Waals surface area contributed by atoms with Gasteiger partial charge in [0.15, 0.2) is 5.25 Å². The Hall–Kier alpha value is -2.00. The van der Waals surface area contributed by atoms with E-state index in [4.69, 9.17) is 5.11 Å². The van der Waals surface area contributed by atoms with E-state index in [0.29, 0.717) is 5.56 Å². The minimum atomic E-state index is -4.01. The fraction of sp³-hybridized carbons (Fsp3) is 0.300. The van der Waals surface area contributed by atoms with E-state index in [-0.39, 0.29) is 12.2 Å². The van der Waals surface area contributed by atoms with Crippen molar-refractivity contribution in [3.8, 4) is 0 Å². The average molecular weight is 288 g/mol. The van der Waals surface area contributed by atoms with Gasteiger partial charge < -0.3 is 5.11 Å². The predicted molar refractivity (Wildman–Crippen MR) is 66.0 cm³/mol. The normalized spacial score (nSPS) is 12.9. The highest BCUT2D eigenvalue weighted by molar-refractivity contribution is 7.90. The summed E-state index contributed by atoms with van der Waals surface area (Å²) >= 11 is 0. The van der Waals surface area contributed by atoms with Crippen molar-refractivity contribution >= 4 is 21.7 Å². The molecule has 104 valence electrons. The largest absolute Gasteiger partial charge is 0.480 e. The van der Waals surface area contributed by atoms with Crippen LogP contribution in [-0.4, -0.2) is 29.7 Å². The van der Waals surface area contributed by atoms with Crippen LogP contribution < -0.4 is 4.72 Å². The average Bonchev–Trinajstić information content (AvgIpc) is 2.35. The Kier molecular flexibility index (Phi) is 4.57. The molecular weight excluding hydrogens is 276 g/mol. The Balaban J connectivity index is 2.80. The number of nitrogens with zero attached hydrogens (tertiary/aromatic N) is 1. The SMILES string of the molecule is CC(C(=O)O)S(=O)(=O)NCc1cccc([N+](=O)[O-])c1. The highest BCUT2D eigenvalue weighted by Crippen LogP contribution is 2.13. The first-order valence-corrected chi connectivity index (χ1v) is 6.73. The molecule has 0 radical (unpaired) electrons. The maximum Gasteiger partial charge on any atom is 0.323 e. The van der Waals surface area contributed by atoms with Gasteiger partial charge in [0, 0.05) is 18.7 Å². The van der Waals surface area contributed by atoms with Crippen molar-refractivity contribution in [3.05, 3.63) is 39.9 Å². The maximum atomic E-state index is 11.5. The maximum absolute atomic E-state index is 11.5. The van der Waals surface area contributed by atoms with Crippen LogP contribution in [-0.2, 0) is 21.4 Å². The molecular formula is C10H12N2O6S. The van der Waals surface area contributed by atoms with Gasteiger partial charge in [0.25, 0.3) is 5.69 Å². The third-order valence-electron chi connectivity index (χ3n) is 2.41. The lowest BCUT2D eigenvalue weighted by Crippen LogP contribution is -2.37. The van der Waals surface area contributed by atoms with Crippen molar-refractivity contribution in [1.29, 1.82) is 0 Å². The lowest BCUT2D eigenvalue weighted by Gasteiger charge is -2.09. The summed E-state index contributed by atoms with van der Waals surface area (Å²) in [7, 11) is -4.01. The number of carboxylic acids is 1. The zero-order valence-corrected chi connectivity index (χ0v) is 10.8. The first kappa shape index (κ1) is 15.1. The summed E-state index contributed by atoms with van der Waals surface area (Å²) < 4.78 is 25.2. The summed E-state index contributed by atoms with van der Waals surface area (Å²) in [5.41, 5.74) is 0.207. The number of carboxylic acid groups (broad SMARTS) is 1. The molecule has 0 amide bonds. The molecule has 0 aliphatic heterocycles. The zero-order valence-electron chi connectivity index (χ0n) is 9.94. The van der Waals surface area contributed by atoms with Gasteiger partial charge in [-0.05, 0) is 12.5 Å². The molecule has 0 saturated heterocycles. The second kappa shape index (κ2) is 5.76. The van der Waals surface area contributed by atoms with Crippen molar-refractivity contribution in [2.24, 2.45) is 0 Å². The standard InChI is InChI=1S/C10H12N2O6S/c1-7(10(13)14)19(17,18)11-6-8-3-2-4-9(5-8)12(15)16/h2-5,7,11H,6H2,1H3,(H,13,14). The van der Waals surface area contributed by atoms with Gasteiger partial charge in [0.2, 0.25) is 10.0 Å². The Bertz CT molecular complexity index is 598. The van der Waals surface area contributed by atoms with Crippen LogP contribution in [0.4, 0.5) is 5.69 Å². The van der Waals surface area contributed by atoms with Crippen molar-refractivity contribution in [2.45, 2.75) is 18.7 Å². The summed E-state index contributed by atoms with van der Waals surface area (Å²) in [5, 5.41) is 17.6. The summed E-state index contributed by atoms with van der Waals surface area (Å²) in [4.78, 5) is 20.5. The number of sulfonamides is 1. The molecule has 1 atom stereocenters. The van der Waals surface area contributed by atoms with Gasteiger partial charge in [-0.15, -0.1) is 0 Å². The van der Waals surface area contributed by atoms with Crippen LogP contribution in [0, 0.1) is 10.1 Å². The van der Waals surface area contributed by atoms with E-state index in [2.05, 4.69) is 4.72 Å². The van der Waals surface area contributed by atoms with E-state index in [1.807, 2.05) is 0 Å². The lowest BCUT2D eigenvalue weighted by molar-refractivity contribution is -0.384. The number of rotatable bonds is 6. The third kappa shape index (κ3) is 4.00. The monoisotopic (exact) mass is 288 g/mol. The number of hydrogen-bond acceptors (Lipinski definition) is 5. The number of benzene rings is 1. The number of nitrogens with one attached hydrogen (secondary N) is 1. The quantitative estimate of drug-likeness (QED) is 0.579. The van der Waals surface area contributed by atoms with Crippen molar-refractivity contribution < 1.29 is 23.2 Å². The van der Waals surface area contributed by atoms with Crippen LogP contribution >= 0.6 is 0 Å². The van der Waals surface area contributed by atoms with Crippen LogP contribution in [0.3, 0.4) is 0 Å². The summed E-state index contributed by atoms with van der Waals surface area (Å²) in [5.74, 6) is -1.47. The molecule has 0 saturated carbocycles. The number of aliphatic carboxylic acids is 1. The molecule has 0 aliphatic rings. The molecule has 1 unspecified atom stereocenters. The zero-order chi connectivity index (χ0) is 14.6. The Morgan fingerprint density at radius 3 is 2.68 bits per heavy atom. The van der Waals surface area contributed by atoms with E-state index in [1.54, 1.807) is 0 Å². The lowest BCUT2D eigenvalue weighted by atomic mass is 10.2. The van der Waals surface area contributed by atoms with E-state index in [1.165, 1.54) is 24.3 Å². The fourth-order valence-electron chi connectivity index (χ4n) is 1.22. The van der Waals surface area contributed by atoms with E-state index in [0.717, 1.165) is 6.92 Å². The van der Waals surface area contributed by atoms with E-state index in [9.17, 15) is 23.3 Å². The van der Waals surface area contributed by atoms with Gasteiger partial charge in [0.1, 0.15) is 0 Å². The first-order valence-electron chi connectivity index (χ1n) is 5.18. The van der Waals surface area contributed by atoms with Crippen LogP contribution in [0.15, 0.2) is 24.3 Å². The Morgan fingerprint density at radius 1 is 1.53 bits per heavy atom. The summed E-state index contributed by atoms with van der Waals surface area (Å²) in [6, 6.07) is 5.41. The van der Waals surface area contributed by atoms with Crippen LogP contribution in [0.25, 0.3) is 0 Å². The number of nitro benzene ring substituents is 1. The van der Waals surface area contributed by atoms with Crippen LogP contribution in [0.5, 0.6) is 0 Å². The fourth-order valence-corrected chi connectivity index (χ4v) is 2.10. The van der Waals surface area contributed by atoms with Gasteiger partial charge in [-0.25, -0.2) is 13.1 Å². The third-order valence-corrected chi connectivity index (χ3v) is 4.09. The summed E-state index contributed by atoms with van der Waals surface area (Å²) in [6.07, 6.45) is 0. The Morgan fingerprint density at radius 2 is 2.16 bits per heavy atom. The molecule has 0 heterocycles. The number of non-ortho nitro benzene ring substituents is 1. The molecule has 0 aromatic heterocycles. The van der Waals surface area contributed by atoms with Gasteiger partial charge >= 0.3 is 5.97 Å². The highest BCUT2D eigenvalue weighted by Gasteiger charge is 2.27. The number of nitro groups is 1. The van der Waals surface area contributed by atoms with Crippen molar-refractivity contribution in [3.63, 3.8) is 0 Å². The van der Waals surface area contributed by atoms with Crippen LogP contribution in [0.1, 0.15) is 12.5 Å². The molecule has 0 aliphatic carbocycles. The number of hydrogen-bond donors (Lipinski definition) is 2. The molecule has 1 aromatic rings. The second-order valence-electron chi connectivity index (χ2n) is 3.77. The van der Waals surface area contributed by atoms with Crippen molar-refractivity contribution in [1.82, 2.24) is 4.72 Å². The van der Waals surface area contributed by atoms with Crippen LogP contribution in [0.2, 0.25) is 0 Å². The minimum absolute atomic E-state index is 0.164. The first-order chi connectivity index (χ1) is 8.74. The van der Waals surface area contributed by atoms with E-state index >= 15 is 0 Å². The Labute approximate surface area is 109 Å². The number of carbonyl (C=O) groups is 1. The molecule has 0 spiro atoms. The smallest absolute Gasteiger partial charge is 0.323 e. The van der Waals surface area contributed by atoms with Gasteiger partial charge in [0.05, 0.1) is 4.92 Å². The molecule has 9 heteroatoms.